The number of aryl methyl sites for hydroxylation is 1. The Morgan fingerprint density at radius 1 is 1.02 bits per heavy atom. The Morgan fingerprint density at radius 3 is 2.53 bits per heavy atom. The normalized spacial score (nSPS) is 13.7. The van der Waals surface area contributed by atoms with Crippen molar-refractivity contribution < 1.29 is 14.0 Å². The molecule has 0 spiro atoms. The monoisotopic (exact) mass is 663 g/mol. The van der Waals surface area contributed by atoms with Gasteiger partial charge in [0.25, 0.3) is 0 Å². The molecule has 1 fully saturated rings. The van der Waals surface area contributed by atoms with E-state index in [0.717, 1.165) is 30.0 Å². The minimum atomic E-state index is -2.76. The van der Waals surface area contributed by atoms with Crippen molar-refractivity contribution in [3.8, 4) is 17.0 Å². The van der Waals surface area contributed by atoms with Gasteiger partial charge in [0.15, 0.2) is 0 Å². The third-order valence-electron chi connectivity index (χ3n) is 7.01. The molecule has 6 rings (SSSR count). The van der Waals surface area contributed by atoms with Gasteiger partial charge < -0.3 is 34.1 Å². The standard InChI is InChI=1S/C29H31BrN9O3P/c1-38-10-7-18(17-38)19-15-23(28(41-2)37-27(19)39-11-13-42-14-12-39)35-29-33-16-20(30)26(36-29)34-22-6-5-21-24(32-9-8-31-21)25(22)43(3,4)40/h5-10,15-17H,11-14H2,1-4H3,(H2,33,34,35,36). The van der Waals surface area contributed by atoms with E-state index in [2.05, 4.69) is 58.7 Å². The fourth-order valence-electron chi connectivity index (χ4n) is 5.05. The Bertz CT molecular complexity index is 1850. The van der Waals surface area contributed by atoms with Crippen LogP contribution < -0.4 is 25.6 Å². The number of methoxy groups -OCH3 is 1. The highest BCUT2D eigenvalue weighted by Gasteiger charge is 2.24. The second-order valence-corrected chi connectivity index (χ2v) is 14.5. The summed E-state index contributed by atoms with van der Waals surface area (Å²) in [5, 5.41) is 7.25. The van der Waals surface area contributed by atoms with E-state index in [9.17, 15) is 4.57 Å². The molecule has 0 radical (unpaired) electrons. The van der Waals surface area contributed by atoms with Gasteiger partial charge >= 0.3 is 0 Å². The van der Waals surface area contributed by atoms with Crippen molar-refractivity contribution in [3.63, 3.8) is 0 Å². The summed E-state index contributed by atoms with van der Waals surface area (Å²) in [6, 6.07) is 7.75. The van der Waals surface area contributed by atoms with Crippen LogP contribution in [0.5, 0.6) is 5.88 Å². The average Bonchev–Trinajstić information content (AvgIpc) is 3.44. The van der Waals surface area contributed by atoms with Gasteiger partial charge in [-0.3, -0.25) is 9.97 Å². The van der Waals surface area contributed by atoms with Crippen molar-refractivity contribution in [1.29, 1.82) is 0 Å². The highest BCUT2D eigenvalue weighted by Crippen LogP contribution is 2.42. The molecular weight excluding hydrogens is 633 g/mol. The Kier molecular flexibility index (Phi) is 8.04. The number of rotatable bonds is 8. The van der Waals surface area contributed by atoms with Crippen LogP contribution in [0.3, 0.4) is 0 Å². The Morgan fingerprint density at radius 2 is 1.81 bits per heavy atom. The van der Waals surface area contributed by atoms with Gasteiger partial charge in [0.1, 0.15) is 30.0 Å². The van der Waals surface area contributed by atoms with Gasteiger partial charge in [-0.15, -0.1) is 0 Å². The van der Waals surface area contributed by atoms with E-state index in [-0.39, 0.29) is 0 Å². The Balaban J connectivity index is 1.38. The quantitative estimate of drug-likeness (QED) is 0.213. The molecule has 12 nitrogen and oxygen atoms in total. The lowest BCUT2D eigenvalue weighted by Gasteiger charge is -2.30. The number of ether oxygens (including phenoxy) is 2. The number of benzene rings is 1. The molecule has 5 heterocycles. The minimum absolute atomic E-state index is 0.322. The number of halogens is 1. The van der Waals surface area contributed by atoms with E-state index in [0.29, 0.717) is 63.0 Å². The predicted octanol–water partition coefficient (Wildman–Crippen LogP) is 5.16. The van der Waals surface area contributed by atoms with Crippen LogP contribution in [0.4, 0.5) is 29.0 Å². The van der Waals surface area contributed by atoms with Crippen LogP contribution in [0.1, 0.15) is 0 Å². The van der Waals surface area contributed by atoms with Crippen LogP contribution >= 0.6 is 23.1 Å². The molecule has 0 atom stereocenters. The first-order chi connectivity index (χ1) is 20.7. The van der Waals surface area contributed by atoms with E-state index >= 15 is 0 Å². The first-order valence-corrected chi connectivity index (χ1v) is 17.0. The topological polar surface area (TPSA) is 132 Å². The van der Waals surface area contributed by atoms with Crippen LogP contribution in [-0.2, 0) is 16.3 Å². The zero-order valence-corrected chi connectivity index (χ0v) is 26.7. The molecule has 1 aliphatic heterocycles. The summed E-state index contributed by atoms with van der Waals surface area (Å²) < 4.78 is 27.3. The molecule has 0 bridgehead atoms. The van der Waals surface area contributed by atoms with Gasteiger partial charge in [-0.1, -0.05) is 0 Å². The molecule has 0 aliphatic carbocycles. The lowest BCUT2D eigenvalue weighted by Crippen LogP contribution is -2.37. The molecule has 0 saturated carbocycles. The molecule has 4 aromatic heterocycles. The average molecular weight is 665 g/mol. The number of aromatic nitrogens is 6. The molecule has 43 heavy (non-hydrogen) atoms. The molecule has 1 saturated heterocycles. The summed E-state index contributed by atoms with van der Waals surface area (Å²) in [5.41, 5.74) is 4.48. The number of nitrogens with zero attached hydrogens (tertiary/aromatic N) is 7. The zero-order valence-electron chi connectivity index (χ0n) is 24.2. The van der Waals surface area contributed by atoms with Gasteiger partial charge in [0, 0.05) is 62.2 Å². The van der Waals surface area contributed by atoms with Gasteiger partial charge in [0.05, 0.1) is 41.3 Å². The van der Waals surface area contributed by atoms with Crippen LogP contribution in [0.25, 0.3) is 22.2 Å². The maximum atomic E-state index is 13.4. The fourth-order valence-corrected chi connectivity index (χ4v) is 6.74. The molecule has 1 aliphatic rings. The Labute approximate surface area is 257 Å². The number of morpholine rings is 1. The highest BCUT2D eigenvalue weighted by molar-refractivity contribution is 9.10. The highest BCUT2D eigenvalue weighted by atomic mass is 79.9. The largest absolute Gasteiger partial charge is 0.479 e. The number of pyridine rings is 1. The van der Waals surface area contributed by atoms with E-state index in [4.69, 9.17) is 19.4 Å². The maximum absolute atomic E-state index is 13.4. The summed E-state index contributed by atoms with van der Waals surface area (Å²) in [6.07, 6.45) is 8.93. The van der Waals surface area contributed by atoms with E-state index < -0.39 is 7.14 Å². The van der Waals surface area contributed by atoms with Crippen LogP contribution in [0.15, 0.2) is 59.7 Å². The first kappa shape index (κ1) is 29.0. The van der Waals surface area contributed by atoms with Crippen molar-refractivity contribution in [3.05, 3.63) is 59.7 Å². The summed E-state index contributed by atoms with van der Waals surface area (Å²) in [6.45, 7) is 6.17. The lowest BCUT2D eigenvalue weighted by atomic mass is 10.1. The minimum Gasteiger partial charge on any atom is -0.479 e. The summed E-state index contributed by atoms with van der Waals surface area (Å²) in [7, 11) is 0.819. The van der Waals surface area contributed by atoms with Gasteiger partial charge in [0.2, 0.25) is 11.8 Å². The fraction of sp³-hybridized carbons (Fsp3) is 0.276. The predicted molar refractivity (Wildman–Crippen MR) is 173 cm³/mol. The molecule has 0 unspecified atom stereocenters. The second kappa shape index (κ2) is 11.9. The third-order valence-corrected chi connectivity index (χ3v) is 9.12. The SMILES string of the molecule is COc1nc(N2CCOCC2)c(-c2ccn(C)c2)cc1Nc1ncc(Br)c(Nc2ccc3nccnc3c2P(C)(C)=O)n1. The van der Waals surface area contributed by atoms with E-state index in [1.807, 2.05) is 36.0 Å². The van der Waals surface area contributed by atoms with Crippen molar-refractivity contribution in [2.24, 2.45) is 7.05 Å². The summed E-state index contributed by atoms with van der Waals surface area (Å²) >= 11 is 3.56. The number of hydrogen-bond donors (Lipinski definition) is 2. The van der Waals surface area contributed by atoms with Crippen molar-refractivity contribution in [2.45, 2.75) is 0 Å². The zero-order chi connectivity index (χ0) is 30.1. The molecule has 2 N–H and O–H groups in total. The van der Waals surface area contributed by atoms with Gasteiger partial charge in [-0.25, -0.2) is 4.98 Å². The number of nitrogens with one attached hydrogen (secondary N) is 2. The van der Waals surface area contributed by atoms with Crippen molar-refractivity contribution in [1.82, 2.24) is 29.5 Å². The van der Waals surface area contributed by atoms with Gasteiger partial charge in [-0.2, -0.15) is 9.97 Å². The summed E-state index contributed by atoms with van der Waals surface area (Å²) in [4.78, 5) is 25.2. The van der Waals surface area contributed by atoms with Crippen molar-refractivity contribution >= 4 is 68.4 Å². The first-order valence-electron chi connectivity index (χ1n) is 13.6. The summed E-state index contributed by atoms with van der Waals surface area (Å²) in [5.74, 6) is 2.04. The van der Waals surface area contributed by atoms with Crippen LogP contribution in [0.2, 0.25) is 0 Å². The molecule has 0 amide bonds. The van der Waals surface area contributed by atoms with Gasteiger partial charge in [-0.05, 0) is 53.5 Å². The lowest BCUT2D eigenvalue weighted by molar-refractivity contribution is 0.122. The maximum Gasteiger partial charge on any atom is 0.239 e. The molecule has 222 valence electrons. The molecule has 14 heteroatoms. The smallest absolute Gasteiger partial charge is 0.239 e. The van der Waals surface area contributed by atoms with E-state index in [1.165, 1.54) is 0 Å². The van der Waals surface area contributed by atoms with Crippen LogP contribution in [-0.4, -0.2) is 76.2 Å². The van der Waals surface area contributed by atoms with Crippen molar-refractivity contribution in [2.75, 3.05) is 62.3 Å². The second-order valence-electron chi connectivity index (χ2n) is 10.5. The van der Waals surface area contributed by atoms with E-state index in [1.54, 1.807) is 39.0 Å². The van der Waals surface area contributed by atoms with Crippen LogP contribution in [0, 0.1) is 0 Å². The molecule has 5 aromatic rings. The number of hydrogen-bond acceptors (Lipinski definition) is 11. The molecule has 1 aromatic carbocycles. The molecular formula is C29H31BrN9O3P. The number of fused-ring (bicyclic) bond motifs is 1. The number of anilines is 5. The Hall–Kier alpha value is -4.06. The third kappa shape index (κ3) is 6.06.